The quantitative estimate of drug-likeness (QED) is 0.136. The Morgan fingerprint density at radius 1 is 0.909 bits per heavy atom. The van der Waals surface area contributed by atoms with Crippen LogP contribution < -0.4 is 0 Å². The van der Waals surface area contributed by atoms with Gasteiger partial charge in [-0.1, -0.05) is 94.4 Å². The van der Waals surface area contributed by atoms with Crippen molar-refractivity contribution >= 4 is 11.9 Å². The van der Waals surface area contributed by atoms with Crippen LogP contribution in [0.25, 0.3) is 0 Å². The number of ether oxygens (including phenoxy) is 2. The molecule has 4 heteroatoms. The summed E-state index contributed by atoms with van der Waals surface area (Å²) in [4.78, 5) is 24.4. The van der Waals surface area contributed by atoms with Crippen molar-refractivity contribution in [3.8, 4) is 0 Å². The highest BCUT2D eigenvalue weighted by atomic mass is 16.5. The lowest BCUT2D eigenvalue weighted by molar-refractivity contribution is -0.150. The summed E-state index contributed by atoms with van der Waals surface area (Å²) in [5, 5.41) is 0. The van der Waals surface area contributed by atoms with E-state index in [1.165, 1.54) is 44.9 Å². The van der Waals surface area contributed by atoms with Crippen molar-refractivity contribution in [3.63, 3.8) is 0 Å². The molecule has 2 atom stereocenters. The third-order valence-corrected chi connectivity index (χ3v) is 6.34. The average molecular weight is 457 g/mol. The maximum absolute atomic E-state index is 12.5. The fourth-order valence-electron chi connectivity index (χ4n) is 4.36. The summed E-state index contributed by atoms with van der Waals surface area (Å²) < 4.78 is 11.2. The summed E-state index contributed by atoms with van der Waals surface area (Å²) in [6.07, 6.45) is 19.3. The first-order valence-corrected chi connectivity index (χ1v) is 13.3. The molecule has 1 aliphatic carbocycles. The van der Waals surface area contributed by atoms with E-state index < -0.39 is 0 Å². The summed E-state index contributed by atoms with van der Waals surface area (Å²) in [6, 6.07) is 9.98. The third kappa shape index (κ3) is 12.6. The highest BCUT2D eigenvalue weighted by Crippen LogP contribution is 2.31. The first-order chi connectivity index (χ1) is 16.2. The summed E-state index contributed by atoms with van der Waals surface area (Å²) in [6.45, 7) is 2.72. The number of allylic oxidation sites excluding steroid dienone is 2. The lowest BCUT2D eigenvalue weighted by Crippen LogP contribution is -2.16. The monoisotopic (exact) mass is 456 g/mol. The lowest BCUT2D eigenvalue weighted by atomic mass is 9.89. The second-order valence-corrected chi connectivity index (χ2v) is 9.29. The summed E-state index contributed by atoms with van der Waals surface area (Å²) in [7, 11) is 0. The maximum Gasteiger partial charge on any atom is 0.306 e. The molecule has 2 rings (SSSR count). The van der Waals surface area contributed by atoms with Gasteiger partial charge in [0.15, 0.2) is 0 Å². The molecule has 2 unspecified atom stereocenters. The number of carbonyl (C=O) groups is 2. The molecule has 0 radical (unpaired) electrons. The molecule has 0 aliphatic heterocycles. The number of unbranched alkanes of at least 4 members (excludes halogenated alkanes) is 7. The SMILES string of the molecule is CCCCCCCCCCOC(=O)CCCC(=O)OC(CC1C=CCCC1)c1ccccc1. The predicted molar refractivity (Wildman–Crippen MR) is 134 cm³/mol. The van der Waals surface area contributed by atoms with E-state index in [9.17, 15) is 9.59 Å². The highest BCUT2D eigenvalue weighted by molar-refractivity contribution is 5.72. The zero-order valence-electron chi connectivity index (χ0n) is 20.6. The van der Waals surface area contributed by atoms with E-state index in [0.29, 0.717) is 18.9 Å². The highest BCUT2D eigenvalue weighted by Gasteiger charge is 2.21. The molecule has 0 saturated heterocycles. The molecule has 184 valence electrons. The van der Waals surface area contributed by atoms with E-state index in [1.54, 1.807) is 0 Å². The standard InChI is InChI=1S/C29H44O4/c1-2-3-4-5-6-7-8-15-23-32-28(30)21-16-22-29(31)33-27(26-19-13-10-14-20-26)24-25-17-11-9-12-18-25/h10-11,13-14,17,19-20,25,27H,2-9,12,15-16,18,21-24H2,1H3. The minimum Gasteiger partial charge on any atom is -0.466 e. The van der Waals surface area contributed by atoms with Gasteiger partial charge in [-0.25, -0.2) is 0 Å². The minimum atomic E-state index is -0.237. The van der Waals surface area contributed by atoms with Gasteiger partial charge in [0.05, 0.1) is 6.61 Å². The van der Waals surface area contributed by atoms with Gasteiger partial charge in [0.25, 0.3) is 0 Å². The van der Waals surface area contributed by atoms with Crippen molar-refractivity contribution in [3.05, 3.63) is 48.0 Å². The Bertz CT molecular complexity index is 682. The van der Waals surface area contributed by atoms with Crippen LogP contribution >= 0.6 is 0 Å². The van der Waals surface area contributed by atoms with Crippen LogP contribution in [0.3, 0.4) is 0 Å². The van der Waals surface area contributed by atoms with Gasteiger partial charge in [0.2, 0.25) is 0 Å². The molecule has 0 aromatic heterocycles. The van der Waals surface area contributed by atoms with E-state index >= 15 is 0 Å². The molecule has 1 aromatic rings. The van der Waals surface area contributed by atoms with Crippen molar-refractivity contribution in [1.82, 2.24) is 0 Å². The second-order valence-electron chi connectivity index (χ2n) is 9.29. The summed E-state index contributed by atoms with van der Waals surface area (Å²) >= 11 is 0. The zero-order valence-corrected chi connectivity index (χ0v) is 20.6. The van der Waals surface area contributed by atoms with Crippen LogP contribution in [0.2, 0.25) is 0 Å². The number of carbonyl (C=O) groups excluding carboxylic acids is 2. The summed E-state index contributed by atoms with van der Waals surface area (Å²) in [5.74, 6) is 0.000266. The Balaban J connectivity index is 1.60. The first kappa shape index (κ1) is 27.1. The van der Waals surface area contributed by atoms with Crippen molar-refractivity contribution in [1.29, 1.82) is 0 Å². The topological polar surface area (TPSA) is 52.6 Å². The van der Waals surface area contributed by atoms with Gasteiger partial charge in [0.1, 0.15) is 6.10 Å². The number of benzene rings is 1. The van der Waals surface area contributed by atoms with Gasteiger partial charge in [-0.2, -0.15) is 0 Å². The molecule has 1 aliphatic rings. The molecule has 4 nitrogen and oxygen atoms in total. The predicted octanol–water partition coefficient (Wildman–Crippen LogP) is 7.87. The van der Waals surface area contributed by atoms with Crippen LogP contribution in [-0.2, 0) is 19.1 Å². The second kappa shape index (κ2) is 17.4. The molecular formula is C29H44O4. The van der Waals surface area contributed by atoms with E-state index in [2.05, 4.69) is 19.1 Å². The fraction of sp³-hybridized carbons (Fsp3) is 0.655. The van der Waals surface area contributed by atoms with E-state index in [1.807, 2.05) is 30.3 Å². The Labute approximate surface area is 201 Å². The number of hydrogen-bond donors (Lipinski definition) is 0. The number of rotatable bonds is 17. The van der Waals surface area contributed by atoms with Crippen LogP contribution in [0.15, 0.2) is 42.5 Å². The van der Waals surface area contributed by atoms with Crippen molar-refractivity contribution in [2.75, 3.05) is 6.61 Å². The van der Waals surface area contributed by atoms with Gasteiger partial charge in [-0.3, -0.25) is 9.59 Å². The van der Waals surface area contributed by atoms with Gasteiger partial charge in [-0.05, 0) is 50.0 Å². The first-order valence-electron chi connectivity index (χ1n) is 13.3. The minimum absolute atomic E-state index is 0.210. The molecule has 0 heterocycles. The molecule has 0 saturated carbocycles. The molecular weight excluding hydrogens is 412 g/mol. The molecule has 1 aromatic carbocycles. The van der Waals surface area contributed by atoms with Gasteiger partial charge < -0.3 is 9.47 Å². The van der Waals surface area contributed by atoms with Crippen LogP contribution in [-0.4, -0.2) is 18.5 Å². The Morgan fingerprint density at radius 3 is 2.30 bits per heavy atom. The molecule has 0 amide bonds. The van der Waals surface area contributed by atoms with Crippen LogP contribution in [0.5, 0.6) is 0 Å². The van der Waals surface area contributed by atoms with Crippen molar-refractivity contribution in [2.24, 2.45) is 5.92 Å². The summed E-state index contributed by atoms with van der Waals surface area (Å²) in [5.41, 5.74) is 1.04. The van der Waals surface area contributed by atoms with Gasteiger partial charge in [0, 0.05) is 12.8 Å². The Hall–Kier alpha value is -2.10. The maximum atomic E-state index is 12.5. The fourth-order valence-corrected chi connectivity index (χ4v) is 4.36. The smallest absolute Gasteiger partial charge is 0.306 e. The van der Waals surface area contributed by atoms with Crippen LogP contribution in [0.4, 0.5) is 0 Å². The third-order valence-electron chi connectivity index (χ3n) is 6.34. The van der Waals surface area contributed by atoms with E-state index in [4.69, 9.17) is 9.47 Å². The Kier molecular flexibility index (Phi) is 14.3. The number of hydrogen-bond acceptors (Lipinski definition) is 4. The number of esters is 2. The van der Waals surface area contributed by atoms with Crippen molar-refractivity contribution in [2.45, 2.75) is 109 Å². The Morgan fingerprint density at radius 2 is 1.61 bits per heavy atom. The molecule has 33 heavy (non-hydrogen) atoms. The van der Waals surface area contributed by atoms with E-state index in [-0.39, 0.29) is 30.9 Å². The zero-order chi connectivity index (χ0) is 23.6. The average Bonchev–Trinajstić information content (AvgIpc) is 2.84. The van der Waals surface area contributed by atoms with Gasteiger partial charge in [-0.15, -0.1) is 0 Å². The van der Waals surface area contributed by atoms with E-state index in [0.717, 1.165) is 37.7 Å². The van der Waals surface area contributed by atoms with Crippen LogP contribution in [0, 0.1) is 5.92 Å². The lowest BCUT2D eigenvalue weighted by Gasteiger charge is -2.24. The molecule has 0 spiro atoms. The normalized spacial score (nSPS) is 16.3. The largest absolute Gasteiger partial charge is 0.466 e. The van der Waals surface area contributed by atoms with Gasteiger partial charge >= 0.3 is 11.9 Å². The molecule has 0 fully saturated rings. The van der Waals surface area contributed by atoms with Crippen LogP contribution in [0.1, 0.15) is 115 Å². The van der Waals surface area contributed by atoms with Crippen molar-refractivity contribution < 1.29 is 19.1 Å². The molecule has 0 N–H and O–H groups in total. The molecule has 0 bridgehead atoms.